The second-order valence-corrected chi connectivity index (χ2v) is 5.30. The minimum absolute atomic E-state index is 0.555. The van der Waals surface area contributed by atoms with E-state index in [1.54, 1.807) is 37.1 Å². The number of benzene rings is 1. The van der Waals surface area contributed by atoms with Crippen LogP contribution >= 0.6 is 15.9 Å². The van der Waals surface area contributed by atoms with Crippen LogP contribution < -0.4 is 5.73 Å². The van der Waals surface area contributed by atoms with Crippen molar-refractivity contribution in [2.75, 3.05) is 5.73 Å². The van der Waals surface area contributed by atoms with Gasteiger partial charge in [-0.15, -0.1) is 0 Å². The number of pyridine rings is 1. The van der Waals surface area contributed by atoms with E-state index in [4.69, 9.17) is 5.73 Å². The summed E-state index contributed by atoms with van der Waals surface area (Å²) >= 11 is 3.43. The minimum atomic E-state index is 0.555. The van der Waals surface area contributed by atoms with Crippen LogP contribution in [0.25, 0.3) is 16.9 Å². The Balaban J connectivity index is 2.24. The lowest BCUT2D eigenvalue weighted by atomic mass is 10.1. The summed E-state index contributed by atoms with van der Waals surface area (Å²) in [5.74, 6) is 0. The summed E-state index contributed by atoms with van der Waals surface area (Å²) in [4.78, 5) is 8.28. The Hall–Kier alpha value is -2.65. The molecule has 2 aromatic heterocycles. The normalized spacial score (nSPS) is 10.3. The third-order valence-corrected chi connectivity index (χ3v) is 3.60. The number of imidazole rings is 1. The molecule has 0 aliphatic carbocycles. The molecule has 0 atom stereocenters. The molecule has 3 rings (SSSR count). The second-order valence-electron chi connectivity index (χ2n) is 4.39. The zero-order chi connectivity index (χ0) is 14.8. The summed E-state index contributed by atoms with van der Waals surface area (Å²) in [7, 11) is 0. The van der Waals surface area contributed by atoms with Crippen molar-refractivity contribution in [1.82, 2.24) is 14.5 Å². The number of nitrogen functional groups attached to an aromatic ring is 1. The van der Waals surface area contributed by atoms with Gasteiger partial charge in [-0.2, -0.15) is 5.26 Å². The third-order valence-electron chi connectivity index (χ3n) is 3.11. The van der Waals surface area contributed by atoms with Crippen molar-refractivity contribution < 1.29 is 0 Å². The summed E-state index contributed by atoms with van der Waals surface area (Å²) in [5, 5.41) is 9.29. The zero-order valence-electron chi connectivity index (χ0n) is 10.9. The SMILES string of the molecule is N#Cc1ccc(Br)cc1-n1cncc1-c1cnccc1N. The molecule has 102 valence electrons. The maximum Gasteiger partial charge on any atom is 0.101 e. The van der Waals surface area contributed by atoms with Gasteiger partial charge in [0.2, 0.25) is 0 Å². The number of hydrogen-bond donors (Lipinski definition) is 1. The van der Waals surface area contributed by atoms with Gasteiger partial charge in [-0.1, -0.05) is 15.9 Å². The Bertz CT molecular complexity index is 847. The lowest BCUT2D eigenvalue weighted by Crippen LogP contribution is -2.00. The first kappa shape index (κ1) is 13.3. The molecule has 0 aliphatic rings. The molecule has 0 spiro atoms. The molecule has 0 radical (unpaired) electrons. The summed E-state index contributed by atoms with van der Waals surface area (Å²) < 4.78 is 2.71. The number of nitrogens with two attached hydrogens (primary N) is 1. The number of halogens is 1. The molecular formula is C15H10BrN5. The maximum absolute atomic E-state index is 9.29. The topological polar surface area (TPSA) is 80.5 Å². The van der Waals surface area contributed by atoms with Crippen LogP contribution in [-0.2, 0) is 0 Å². The van der Waals surface area contributed by atoms with Crippen molar-refractivity contribution in [3.05, 3.63) is 59.2 Å². The van der Waals surface area contributed by atoms with E-state index in [0.717, 1.165) is 21.4 Å². The van der Waals surface area contributed by atoms with E-state index in [0.29, 0.717) is 11.3 Å². The summed E-state index contributed by atoms with van der Waals surface area (Å²) in [6.45, 7) is 0. The number of aromatic nitrogens is 3. The van der Waals surface area contributed by atoms with E-state index >= 15 is 0 Å². The lowest BCUT2D eigenvalue weighted by molar-refractivity contribution is 1.05. The largest absolute Gasteiger partial charge is 0.398 e. The van der Waals surface area contributed by atoms with Crippen LogP contribution in [0.2, 0.25) is 0 Å². The molecule has 5 nitrogen and oxygen atoms in total. The molecule has 0 unspecified atom stereocenters. The van der Waals surface area contributed by atoms with Gasteiger partial charge in [-0.3, -0.25) is 9.55 Å². The zero-order valence-corrected chi connectivity index (χ0v) is 12.4. The minimum Gasteiger partial charge on any atom is -0.398 e. The molecule has 0 bridgehead atoms. The van der Waals surface area contributed by atoms with Gasteiger partial charge in [0.1, 0.15) is 6.07 Å². The first-order valence-corrected chi connectivity index (χ1v) is 6.92. The highest BCUT2D eigenvalue weighted by atomic mass is 79.9. The molecule has 2 heterocycles. The molecule has 0 saturated heterocycles. The van der Waals surface area contributed by atoms with Crippen molar-refractivity contribution in [2.45, 2.75) is 0 Å². The molecule has 0 saturated carbocycles. The Morgan fingerprint density at radius 3 is 2.81 bits per heavy atom. The van der Waals surface area contributed by atoms with Gasteiger partial charge in [0.25, 0.3) is 0 Å². The van der Waals surface area contributed by atoms with Gasteiger partial charge in [0, 0.05) is 28.1 Å². The number of nitrogens with zero attached hydrogens (tertiary/aromatic N) is 4. The fraction of sp³-hybridized carbons (Fsp3) is 0. The van der Waals surface area contributed by atoms with Crippen molar-refractivity contribution in [3.8, 4) is 23.0 Å². The van der Waals surface area contributed by atoms with Gasteiger partial charge >= 0.3 is 0 Å². The Kier molecular flexibility index (Phi) is 3.42. The molecule has 6 heteroatoms. The monoisotopic (exact) mass is 339 g/mol. The van der Waals surface area contributed by atoms with Crippen LogP contribution in [0.15, 0.2) is 53.7 Å². The van der Waals surface area contributed by atoms with Gasteiger partial charge in [-0.05, 0) is 24.3 Å². The number of rotatable bonds is 2. The van der Waals surface area contributed by atoms with Crippen molar-refractivity contribution in [1.29, 1.82) is 5.26 Å². The standard InChI is InChI=1S/C15H10BrN5/c16-11-2-1-10(6-17)14(5-11)21-9-20-8-15(21)12-7-19-4-3-13(12)18/h1-5,7-9H,(H2,18,19). The summed E-state index contributed by atoms with van der Waals surface area (Å²) in [5.41, 5.74) is 9.47. The first-order valence-electron chi connectivity index (χ1n) is 6.13. The van der Waals surface area contributed by atoms with Crippen molar-refractivity contribution in [2.24, 2.45) is 0 Å². The van der Waals surface area contributed by atoms with Gasteiger partial charge in [-0.25, -0.2) is 4.98 Å². The van der Waals surface area contributed by atoms with Gasteiger partial charge in [0.05, 0.1) is 29.5 Å². The molecule has 2 N–H and O–H groups in total. The first-order chi connectivity index (χ1) is 10.2. The fourth-order valence-electron chi connectivity index (χ4n) is 2.10. The Morgan fingerprint density at radius 1 is 1.19 bits per heavy atom. The van der Waals surface area contributed by atoms with E-state index in [1.807, 2.05) is 16.7 Å². The van der Waals surface area contributed by atoms with Crippen LogP contribution in [0, 0.1) is 11.3 Å². The van der Waals surface area contributed by atoms with Crippen molar-refractivity contribution >= 4 is 21.6 Å². The summed E-state index contributed by atoms with van der Waals surface area (Å²) in [6, 6.07) is 9.38. The van der Waals surface area contributed by atoms with E-state index in [1.165, 1.54) is 0 Å². The predicted molar refractivity (Wildman–Crippen MR) is 83.6 cm³/mol. The lowest BCUT2D eigenvalue weighted by Gasteiger charge is -2.11. The molecule has 0 aliphatic heterocycles. The molecule has 0 amide bonds. The molecular weight excluding hydrogens is 330 g/mol. The highest BCUT2D eigenvalue weighted by Crippen LogP contribution is 2.29. The van der Waals surface area contributed by atoms with Crippen LogP contribution in [0.5, 0.6) is 0 Å². The van der Waals surface area contributed by atoms with Crippen LogP contribution in [0.3, 0.4) is 0 Å². The highest BCUT2D eigenvalue weighted by molar-refractivity contribution is 9.10. The van der Waals surface area contributed by atoms with Gasteiger partial charge in [0.15, 0.2) is 0 Å². The van der Waals surface area contributed by atoms with Crippen molar-refractivity contribution in [3.63, 3.8) is 0 Å². The average molecular weight is 340 g/mol. The van der Waals surface area contributed by atoms with Crippen LogP contribution in [-0.4, -0.2) is 14.5 Å². The average Bonchev–Trinajstić information content (AvgIpc) is 2.96. The predicted octanol–water partition coefficient (Wildman–Crippen LogP) is 3.15. The number of anilines is 1. The Labute approximate surface area is 129 Å². The highest BCUT2D eigenvalue weighted by Gasteiger charge is 2.13. The molecule has 21 heavy (non-hydrogen) atoms. The van der Waals surface area contributed by atoms with E-state index in [-0.39, 0.29) is 0 Å². The van der Waals surface area contributed by atoms with Gasteiger partial charge < -0.3 is 5.73 Å². The van der Waals surface area contributed by atoms with E-state index in [2.05, 4.69) is 32.0 Å². The number of hydrogen-bond acceptors (Lipinski definition) is 4. The molecule has 0 fully saturated rings. The third kappa shape index (κ3) is 2.39. The van der Waals surface area contributed by atoms with Crippen LogP contribution in [0.4, 0.5) is 5.69 Å². The maximum atomic E-state index is 9.29. The smallest absolute Gasteiger partial charge is 0.101 e. The van der Waals surface area contributed by atoms with E-state index in [9.17, 15) is 5.26 Å². The molecule has 3 aromatic rings. The fourth-order valence-corrected chi connectivity index (χ4v) is 2.45. The second kappa shape index (κ2) is 5.38. The quantitative estimate of drug-likeness (QED) is 0.777. The van der Waals surface area contributed by atoms with E-state index < -0.39 is 0 Å². The van der Waals surface area contributed by atoms with Crippen LogP contribution in [0.1, 0.15) is 5.56 Å². The summed E-state index contributed by atoms with van der Waals surface area (Å²) in [6.07, 6.45) is 6.69. The molecule has 1 aromatic carbocycles. The number of nitriles is 1. The Morgan fingerprint density at radius 2 is 2.05 bits per heavy atom.